The lowest BCUT2D eigenvalue weighted by Gasteiger charge is -2.12. The molecular formula is C11H15N3O2S. The Morgan fingerprint density at radius 3 is 2.94 bits per heavy atom. The number of nitrogens with two attached hydrogens (primary N) is 1. The lowest BCUT2D eigenvalue weighted by Crippen LogP contribution is -2.13. The van der Waals surface area contributed by atoms with Gasteiger partial charge in [0, 0.05) is 5.75 Å². The van der Waals surface area contributed by atoms with Crippen molar-refractivity contribution in [2.24, 2.45) is 5.41 Å². The molecule has 5 nitrogen and oxygen atoms in total. The summed E-state index contributed by atoms with van der Waals surface area (Å²) in [6.07, 6.45) is 5.85. The third-order valence-electron chi connectivity index (χ3n) is 2.86. The fourth-order valence-corrected chi connectivity index (χ4v) is 2.74. The van der Waals surface area contributed by atoms with Gasteiger partial charge in [-0.2, -0.15) is 0 Å². The maximum Gasteiger partial charge on any atom is 0.306 e. The van der Waals surface area contributed by atoms with Crippen LogP contribution in [-0.2, 0) is 9.53 Å². The van der Waals surface area contributed by atoms with Gasteiger partial charge in [-0.1, -0.05) is 0 Å². The number of hydrogen-bond acceptors (Lipinski definition) is 6. The van der Waals surface area contributed by atoms with Crippen LogP contribution in [0.25, 0.3) is 0 Å². The first-order valence-corrected chi connectivity index (χ1v) is 6.39. The third-order valence-corrected chi connectivity index (χ3v) is 4.11. The highest BCUT2D eigenvalue weighted by molar-refractivity contribution is 7.99. The smallest absolute Gasteiger partial charge is 0.306 e. The molecular weight excluding hydrogens is 238 g/mol. The van der Waals surface area contributed by atoms with Crippen LogP contribution in [0.1, 0.15) is 19.3 Å². The number of esters is 1. The Labute approximate surface area is 104 Å². The van der Waals surface area contributed by atoms with Gasteiger partial charge in [-0.3, -0.25) is 9.78 Å². The first-order valence-electron chi connectivity index (χ1n) is 5.41. The summed E-state index contributed by atoms with van der Waals surface area (Å²) < 4.78 is 4.70. The molecule has 1 aliphatic carbocycles. The highest BCUT2D eigenvalue weighted by atomic mass is 32.2. The lowest BCUT2D eigenvalue weighted by molar-refractivity contribution is -0.141. The van der Waals surface area contributed by atoms with Gasteiger partial charge in [0.2, 0.25) is 0 Å². The summed E-state index contributed by atoms with van der Waals surface area (Å²) in [5.41, 5.74) is 5.66. The summed E-state index contributed by atoms with van der Waals surface area (Å²) in [4.78, 5) is 19.4. The number of hydrogen-bond donors (Lipinski definition) is 1. The topological polar surface area (TPSA) is 78.1 Å². The van der Waals surface area contributed by atoms with Gasteiger partial charge in [-0.15, -0.1) is 11.8 Å². The quantitative estimate of drug-likeness (QED) is 0.633. The fourth-order valence-electron chi connectivity index (χ4n) is 1.59. The number of carbonyl (C=O) groups is 1. The Bertz CT molecular complexity index is 421. The van der Waals surface area contributed by atoms with Crippen LogP contribution in [0.15, 0.2) is 17.4 Å². The van der Waals surface area contributed by atoms with Crippen LogP contribution in [0.5, 0.6) is 0 Å². The second-order valence-corrected chi connectivity index (χ2v) is 5.32. The summed E-state index contributed by atoms with van der Waals surface area (Å²) in [7, 11) is 1.43. The van der Waals surface area contributed by atoms with Crippen molar-refractivity contribution in [3.63, 3.8) is 0 Å². The summed E-state index contributed by atoms with van der Waals surface area (Å²) in [6.45, 7) is 0. The van der Waals surface area contributed by atoms with E-state index < -0.39 is 0 Å². The fraction of sp³-hybridized carbons (Fsp3) is 0.545. The van der Waals surface area contributed by atoms with E-state index in [-0.39, 0.29) is 11.4 Å². The number of anilines is 1. The van der Waals surface area contributed by atoms with E-state index in [2.05, 4.69) is 9.97 Å². The summed E-state index contributed by atoms with van der Waals surface area (Å²) in [5, 5.41) is 0.807. The molecule has 0 saturated heterocycles. The first kappa shape index (κ1) is 12.2. The molecule has 1 heterocycles. The van der Waals surface area contributed by atoms with Crippen molar-refractivity contribution in [3.05, 3.63) is 12.4 Å². The van der Waals surface area contributed by atoms with E-state index in [1.165, 1.54) is 13.3 Å². The van der Waals surface area contributed by atoms with Crippen LogP contribution in [-0.4, -0.2) is 28.8 Å². The molecule has 2 N–H and O–H groups in total. The predicted octanol–water partition coefficient (Wildman–Crippen LogP) is 1.49. The predicted molar refractivity (Wildman–Crippen MR) is 65.5 cm³/mol. The largest absolute Gasteiger partial charge is 0.469 e. The number of thioether (sulfide) groups is 1. The summed E-state index contributed by atoms with van der Waals surface area (Å²) in [5.74, 6) is 1.15. The van der Waals surface area contributed by atoms with Crippen LogP contribution in [0.2, 0.25) is 0 Å². The van der Waals surface area contributed by atoms with Crippen LogP contribution < -0.4 is 5.73 Å². The minimum atomic E-state index is -0.137. The number of ether oxygens (including phenoxy) is 1. The van der Waals surface area contributed by atoms with E-state index >= 15 is 0 Å². The van der Waals surface area contributed by atoms with Crippen molar-refractivity contribution in [1.82, 2.24) is 9.97 Å². The van der Waals surface area contributed by atoms with Gasteiger partial charge in [0.1, 0.15) is 10.8 Å². The van der Waals surface area contributed by atoms with Crippen molar-refractivity contribution in [1.29, 1.82) is 0 Å². The molecule has 0 aromatic carbocycles. The van der Waals surface area contributed by atoms with Crippen LogP contribution in [0.4, 0.5) is 5.82 Å². The molecule has 0 unspecified atom stereocenters. The molecule has 6 heteroatoms. The Morgan fingerprint density at radius 2 is 2.35 bits per heavy atom. The maximum atomic E-state index is 11.3. The van der Waals surface area contributed by atoms with Gasteiger partial charge in [0.15, 0.2) is 0 Å². The average molecular weight is 253 g/mol. The minimum absolute atomic E-state index is 0.101. The molecule has 0 bridgehead atoms. The maximum absolute atomic E-state index is 11.3. The molecule has 2 rings (SSSR count). The molecule has 0 amide bonds. The molecule has 1 fully saturated rings. The van der Waals surface area contributed by atoms with E-state index in [1.54, 1.807) is 18.0 Å². The monoisotopic (exact) mass is 253 g/mol. The molecule has 1 aromatic rings. The highest BCUT2D eigenvalue weighted by Crippen LogP contribution is 2.51. The van der Waals surface area contributed by atoms with Crippen molar-refractivity contribution in [3.8, 4) is 0 Å². The number of rotatable bonds is 5. The second kappa shape index (κ2) is 4.91. The normalized spacial score (nSPS) is 16.5. The number of methoxy groups -OCH3 is 1. The van der Waals surface area contributed by atoms with Gasteiger partial charge in [0.05, 0.1) is 25.9 Å². The minimum Gasteiger partial charge on any atom is -0.469 e. The van der Waals surface area contributed by atoms with Gasteiger partial charge in [-0.25, -0.2) is 4.98 Å². The zero-order chi connectivity index (χ0) is 12.3. The number of carbonyl (C=O) groups excluding carboxylic acids is 1. The van der Waals surface area contributed by atoms with E-state index in [0.29, 0.717) is 12.2 Å². The van der Waals surface area contributed by atoms with Gasteiger partial charge in [-0.05, 0) is 18.3 Å². The molecule has 92 valence electrons. The zero-order valence-corrected chi connectivity index (χ0v) is 10.5. The number of nitrogen functional groups attached to an aromatic ring is 1. The SMILES string of the molecule is COC(=O)CC1(CSc2cncc(N)n2)CC1. The van der Waals surface area contributed by atoms with E-state index in [9.17, 15) is 4.79 Å². The van der Waals surface area contributed by atoms with Crippen molar-refractivity contribution >= 4 is 23.5 Å². The Balaban J connectivity index is 1.88. The van der Waals surface area contributed by atoms with Crippen LogP contribution in [0, 0.1) is 5.41 Å². The molecule has 0 spiro atoms. The average Bonchev–Trinajstić information content (AvgIpc) is 3.07. The molecule has 1 aliphatic rings. The lowest BCUT2D eigenvalue weighted by atomic mass is 10.1. The van der Waals surface area contributed by atoms with Crippen molar-refractivity contribution in [2.75, 3.05) is 18.6 Å². The molecule has 17 heavy (non-hydrogen) atoms. The second-order valence-electron chi connectivity index (χ2n) is 4.32. The van der Waals surface area contributed by atoms with E-state index in [0.717, 1.165) is 23.6 Å². The van der Waals surface area contributed by atoms with Gasteiger partial charge >= 0.3 is 5.97 Å². The highest BCUT2D eigenvalue weighted by Gasteiger charge is 2.44. The standard InChI is InChI=1S/C11H15N3O2S/c1-16-10(15)4-11(2-3-11)7-17-9-6-13-5-8(12)14-9/h5-6H,2-4,7H2,1H3,(H2,12,14). The van der Waals surface area contributed by atoms with E-state index in [4.69, 9.17) is 10.5 Å². The Kier molecular flexibility index (Phi) is 3.51. The van der Waals surface area contributed by atoms with Gasteiger partial charge < -0.3 is 10.5 Å². The molecule has 0 radical (unpaired) electrons. The third kappa shape index (κ3) is 3.33. The zero-order valence-electron chi connectivity index (χ0n) is 9.68. The molecule has 0 aliphatic heterocycles. The summed E-state index contributed by atoms with van der Waals surface area (Å²) >= 11 is 1.60. The first-order chi connectivity index (χ1) is 8.13. The van der Waals surface area contributed by atoms with Crippen LogP contribution in [0.3, 0.4) is 0 Å². The van der Waals surface area contributed by atoms with Crippen molar-refractivity contribution < 1.29 is 9.53 Å². The molecule has 0 atom stereocenters. The van der Waals surface area contributed by atoms with E-state index in [1.807, 2.05) is 0 Å². The van der Waals surface area contributed by atoms with Gasteiger partial charge in [0.25, 0.3) is 0 Å². The van der Waals surface area contributed by atoms with Crippen molar-refractivity contribution in [2.45, 2.75) is 24.3 Å². The Hall–Kier alpha value is -1.30. The molecule has 1 aromatic heterocycles. The van der Waals surface area contributed by atoms with Crippen LogP contribution >= 0.6 is 11.8 Å². The summed E-state index contributed by atoms with van der Waals surface area (Å²) in [6, 6.07) is 0. The number of aromatic nitrogens is 2. The molecule has 1 saturated carbocycles. The Morgan fingerprint density at radius 1 is 1.59 bits per heavy atom. The number of nitrogens with zero attached hydrogens (tertiary/aromatic N) is 2.